The monoisotopic (exact) mass is 207 g/mol. The lowest BCUT2D eigenvalue weighted by atomic mass is 10.1. The van der Waals surface area contributed by atoms with Crippen LogP contribution in [0.3, 0.4) is 0 Å². The second kappa shape index (κ2) is 5.89. The number of benzene rings is 1. The molecule has 1 aromatic carbocycles. The summed E-state index contributed by atoms with van der Waals surface area (Å²) in [6.45, 7) is 8.15. The molecule has 2 heteroatoms. The van der Waals surface area contributed by atoms with E-state index in [4.69, 9.17) is 4.74 Å². The van der Waals surface area contributed by atoms with Crippen LogP contribution in [-0.2, 0) is 11.3 Å². The smallest absolute Gasteiger partial charge is 0.0667 e. The van der Waals surface area contributed by atoms with Gasteiger partial charge in [-0.25, -0.2) is 0 Å². The van der Waals surface area contributed by atoms with Crippen LogP contribution in [0.1, 0.15) is 23.6 Å². The Morgan fingerprint density at radius 2 is 2.07 bits per heavy atom. The summed E-state index contributed by atoms with van der Waals surface area (Å²) in [5.74, 6) is 0. The summed E-state index contributed by atoms with van der Waals surface area (Å²) in [5.41, 5.74) is 4.04. The Labute approximate surface area is 92.6 Å². The van der Waals surface area contributed by atoms with Gasteiger partial charge in [0.25, 0.3) is 0 Å². The van der Waals surface area contributed by atoms with Gasteiger partial charge >= 0.3 is 0 Å². The van der Waals surface area contributed by atoms with Crippen LogP contribution in [-0.4, -0.2) is 19.8 Å². The largest absolute Gasteiger partial charge is 0.380 e. The van der Waals surface area contributed by atoms with Crippen LogP contribution in [0.5, 0.6) is 0 Å². The molecule has 1 unspecified atom stereocenters. The van der Waals surface area contributed by atoms with Gasteiger partial charge in [-0.15, -0.1) is 0 Å². The predicted octanol–water partition coefficient (Wildman–Crippen LogP) is 2.43. The third-order valence-corrected chi connectivity index (χ3v) is 2.65. The average Bonchev–Trinajstić information content (AvgIpc) is 2.21. The van der Waals surface area contributed by atoms with Crippen molar-refractivity contribution in [3.8, 4) is 0 Å². The van der Waals surface area contributed by atoms with Gasteiger partial charge in [0.15, 0.2) is 0 Å². The average molecular weight is 207 g/mol. The van der Waals surface area contributed by atoms with Crippen molar-refractivity contribution < 1.29 is 4.74 Å². The molecule has 0 aliphatic carbocycles. The van der Waals surface area contributed by atoms with Gasteiger partial charge in [-0.1, -0.05) is 23.8 Å². The van der Waals surface area contributed by atoms with Crippen molar-refractivity contribution in [1.82, 2.24) is 5.32 Å². The van der Waals surface area contributed by atoms with Crippen LogP contribution >= 0.6 is 0 Å². The molecule has 1 atom stereocenters. The summed E-state index contributed by atoms with van der Waals surface area (Å²) in [4.78, 5) is 0. The van der Waals surface area contributed by atoms with E-state index in [9.17, 15) is 0 Å². The molecule has 0 saturated carbocycles. The van der Waals surface area contributed by atoms with Gasteiger partial charge in [0.05, 0.1) is 6.10 Å². The van der Waals surface area contributed by atoms with Crippen molar-refractivity contribution in [2.45, 2.75) is 33.4 Å². The molecule has 0 bridgehead atoms. The Kier molecular flexibility index (Phi) is 4.79. The van der Waals surface area contributed by atoms with E-state index in [0.29, 0.717) is 0 Å². The van der Waals surface area contributed by atoms with Crippen LogP contribution in [0, 0.1) is 13.8 Å². The molecule has 0 fully saturated rings. The summed E-state index contributed by atoms with van der Waals surface area (Å²) < 4.78 is 5.17. The standard InChI is InChI=1S/C13H21NO/c1-10-5-6-13(11(2)7-10)9-14-8-12(3)15-4/h5-7,12,14H,8-9H2,1-4H3. The molecule has 0 aromatic heterocycles. The number of hydrogen-bond donors (Lipinski definition) is 1. The summed E-state index contributed by atoms with van der Waals surface area (Å²) >= 11 is 0. The molecule has 0 aliphatic heterocycles. The molecule has 15 heavy (non-hydrogen) atoms. The molecule has 0 saturated heterocycles. The molecule has 0 aliphatic rings. The maximum absolute atomic E-state index is 5.17. The third kappa shape index (κ3) is 4.02. The van der Waals surface area contributed by atoms with Gasteiger partial charge in [0.2, 0.25) is 0 Å². The fraction of sp³-hybridized carbons (Fsp3) is 0.538. The summed E-state index contributed by atoms with van der Waals surface area (Å²) in [6.07, 6.45) is 0.274. The Bertz CT molecular complexity index is 309. The summed E-state index contributed by atoms with van der Waals surface area (Å²) in [5, 5.41) is 3.39. The van der Waals surface area contributed by atoms with Crippen molar-refractivity contribution in [1.29, 1.82) is 0 Å². The lowest BCUT2D eigenvalue weighted by Crippen LogP contribution is -2.25. The van der Waals surface area contributed by atoms with Crippen molar-refractivity contribution in [3.05, 3.63) is 34.9 Å². The minimum atomic E-state index is 0.274. The molecule has 1 aromatic rings. The maximum Gasteiger partial charge on any atom is 0.0667 e. The summed E-state index contributed by atoms with van der Waals surface area (Å²) in [6, 6.07) is 6.57. The van der Waals surface area contributed by atoms with Gasteiger partial charge in [0, 0.05) is 20.2 Å². The van der Waals surface area contributed by atoms with E-state index >= 15 is 0 Å². The number of methoxy groups -OCH3 is 1. The first kappa shape index (κ1) is 12.2. The molecule has 0 spiro atoms. The zero-order chi connectivity index (χ0) is 11.3. The normalized spacial score (nSPS) is 12.8. The topological polar surface area (TPSA) is 21.3 Å². The minimum absolute atomic E-state index is 0.274. The van der Waals surface area contributed by atoms with E-state index in [-0.39, 0.29) is 6.10 Å². The van der Waals surface area contributed by atoms with Crippen LogP contribution in [0.2, 0.25) is 0 Å². The lowest BCUT2D eigenvalue weighted by molar-refractivity contribution is 0.117. The second-order valence-corrected chi connectivity index (χ2v) is 4.11. The molecule has 84 valence electrons. The molecule has 0 amide bonds. The Morgan fingerprint density at radius 1 is 1.33 bits per heavy atom. The highest BCUT2D eigenvalue weighted by atomic mass is 16.5. The lowest BCUT2D eigenvalue weighted by Gasteiger charge is -2.12. The maximum atomic E-state index is 5.17. The van der Waals surface area contributed by atoms with E-state index in [2.05, 4.69) is 44.3 Å². The molecular formula is C13H21NO. The quantitative estimate of drug-likeness (QED) is 0.800. The predicted molar refractivity (Wildman–Crippen MR) is 64.1 cm³/mol. The number of ether oxygens (including phenoxy) is 1. The van der Waals surface area contributed by atoms with Gasteiger partial charge in [-0.05, 0) is 31.9 Å². The van der Waals surface area contributed by atoms with Crippen LogP contribution in [0.25, 0.3) is 0 Å². The first-order valence-electron chi connectivity index (χ1n) is 5.43. The van der Waals surface area contributed by atoms with Crippen molar-refractivity contribution in [2.75, 3.05) is 13.7 Å². The van der Waals surface area contributed by atoms with Gasteiger partial charge in [-0.3, -0.25) is 0 Å². The van der Waals surface area contributed by atoms with Crippen molar-refractivity contribution >= 4 is 0 Å². The van der Waals surface area contributed by atoms with Crippen LogP contribution < -0.4 is 5.32 Å². The molecule has 1 N–H and O–H groups in total. The van der Waals surface area contributed by atoms with Gasteiger partial charge in [0.1, 0.15) is 0 Å². The third-order valence-electron chi connectivity index (χ3n) is 2.65. The SMILES string of the molecule is COC(C)CNCc1ccc(C)cc1C. The Morgan fingerprint density at radius 3 is 2.67 bits per heavy atom. The zero-order valence-electron chi connectivity index (χ0n) is 10.1. The Hall–Kier alpha value is -0.860. The molecule has 2 nitrogen and oxygen atoms in total. The van der Waals surface area contributed by atoms with E-state index in [1.165, 1.54) is 16.7 Å². The summed E-state index contributed by atoms with van der Waals surface area (Å²) in [7, 11) is 1.74. The Balaban J connectivity index is 2.44. The number of aryl methyl sites for hydroxylation is 2. The highest BCUT2D eigenvalue weighted by molar-refractivity contribution is 5.30. The molecule has 0 heterocycles. The van der Waals surface area contributed by atoms with E-state index in [1.54, 1.807) is 7.11 Å². The van der Waals surface area contributed by atoms with Gasteiger partial charge < -0.3 is 10.1 Å². The number of rotatable bonds is 5. The minimum Gasteiger partial charge on any atom is -0.380 e. The first-order valence-corrected chi connectivity index (χ1v) is 5.43. The number of nitrogens with one attached hydrogen (secondary N) is 1. The van der Waals surface area contributed by atoms with E-state index < -0.39 is 0 Å². The van der Waals surface area contributed by atoms with E-state index in [0.717, 1.165) is 13.1 Å². The fourth-order valence-corrected chi connectivity index (χ4v) is 1.54. The fourth-order valence-electron chi connectivity index (χ4n) is 1.54. The van der Waals surface area contributed by atoms with Crippen LogP contribution in [0.4, 0.5) is 0 Å². The van der Waals surface area contributed by atoms with Crippen molar-refractivity contribution in [2.24, 2.45) is 0 Å². The second-order valence-electron chi connectivity index (χ2n) is 4.11. The zero-order valence-corrected chi connectivity index (χ0v) is 10.1. The van der Waals surface area contributed by atoms with E-state index in [1.807, 2.05) is 0 Å². The molecule has 0 radical (unpaired) electrons. The van der Waals surface area contributed by atoms with Crippen LogP contribution in [0.15, 0.2) is 18.2 Å². The highest BCUT2D eigenvalue weighted by Gasteiger charge is 2.00. The molecular weight excluding hydrogens is 186 g/mol. The highest BCUT2D eigenvalue weighted by Crippen LogP contribution is 2.09. The van der Waals surface area contributed by atoms with Crippen molar-refractivity contribution in [3.63, 3.8) is 0 Å². The first-order chi connectivity index (χ1) is 7.13. The number of hydrogen-bond acceptors (Lipinski definition) is 2. The molecule has 1 rings (SSSR count). The van der Waals surface area contributed by atoms with Gasteiger partial charge in [-0.2, -0.15) is 0 Å².